The molecule has 1 N–H and O–H groups in total. The number of aryl methyl sites for hydroxylation is 1. The maximum atomic E-state index is 10.8. The lowest BCUT2D eigenvalue weighted by molar-refractivity contribution is 0.0697. The molecule has 1 aliphatic carbocycles. The molecule has 0 saturated heterocycles. The standard InChI is InChI=1S/C22H32O2/c1-2-3-4-7-18-10-12-19(13-11-18)8-5-6-9-20-14-16-21(17-15-20)22(23)24/h5,8,14-19H,2-4,6-7,9-13H2,1H3,(H,23,24)/b8-5+. The van der Waals surface area contributed by atoms with Crippen LogP contribution in [0, 0.1) is 11.8 Å². The third-order valence-corrected chi connectivity index (χ3v) is 5.32. The van der Waals surface area contributed by atoms with Crippen LogP contribution >= 0.6 is 0 Å². The van der Waals surface area contributed by atoms with Gasteiger partial charge in [-0.3, -0.25) is 0 Å². The van der Waals surface area contributed by atoms with Gasteiger partial charge in [0.05, 0.1) is 5.56 Å². The van der Waals surface area contributed by atoms with Gasteiger partial charge in [0.25, 0.3) is 0 Å². The topological polar surface area (TPSA) is 37.3 Å². The number of unbranched alkanes of at least 4 members (excludes halogenated alkanes) is 2. The lowest BCUT2D eigenvalue weighted by Crippen LogP contribution is -2.13. The maximum Gasteiger partial charge on any atom is 0.335 e. The molecule has 1 fully saturated rings. The summed E-state index contributed by atoms with van der Waals surface area (Å²) in [6, 6.07) is 7.25. The summed E-state index contributed by atoms with van der Waals surface area (Å²) in [4.78, 5) is 10.8. The van der Waals surface area contributed by atoms with Crippen molar-refractivity contribution in [3.63, 3.8) is 0 Å². The molecule has 2 heteroatoms. The fourth-order valence-corrected chi connectivity index (χ4v) is 3.71. The minimum Gasteiger partial charge on any atom is -0.478 e. The van der Waals surface area contributed by atoms with Gasteiger partial charge >= 0.3 is 5.97 Å². The highest BCUT2D eigenvalue weighted by atomic mass is 16.4. The molecule has 132 valence electrons. The van der Waals surface area contributed by atoms with Gasteiger partial charge in [0.1, 0.15) is 0 Å². The van der Waals surface area contributed by atoms with Crippen LogP contribution in [0.5, 0.6) is 0 Å². The van der Waals surface area contributed by atoms with Crippen LogP contribution in [0.15, 0.2) is 36.4 Å². The van der Waals surface area contributed by atoms with Gasteiger partial charge in [0.15, 0.2) is 0 Å². The minimum atomic E-state index is -0.855. The van der Waals surface area contributed by atoms with Gasteiger partial charge in [-0.05, 0) is 68.1 Å². The van der Waals surface area contributed by atoms with E-state index in [9.17, 15) is 4.79 Å². The molecular weight excluding hydrogens is 296 g/mol. The van der Waals surface area contributed by atoms with Crippen LogP contribution in [0.2, 0.25) is 0 Å². The summed E-state index contributed by atoms with van der Waals surface area (Å²) >= 11 is 0. The molecule has 1 aromatic carbocycles. The van der Waals surface area contributed by atoms with Crippen molar-refractivity contribution in [3.05, 3.63) is 47.5 Å². The Morgan fingerprint density at radius 1 is 1.12 bits per heavy atom. The number of aromatic carboxylic acids is 1. The molecule has 0 atom stereocenters. The van der Waals surface area contributed by atoms with E-state index in [1.807, 2.05) is 12.1 Å². The molecule has 0 aromatic heterocycles. The number of carboxylic acid groups (broad SMARTS) is 1. The number of carboxylic acids is 1. The molecule has 0 bridgehead atoms. The molecule has 1 aliphatic rings. The van der Waals surface area contributed by atoms with Crippen molar-refractivity contribution >= 4 is 5.97 Å². The van der Waals surface area contributed by atoms with Crippen molar-refractivity contribution < 1.29 is 9.90 Å². The number of benzene rings is 1. The summed E-state index contributed by atoms with van der Waals surface area (Å²) in [7, 11) is 0. The second kappa shape index (κ2) is 10.3. The lowest BCUT2D eigenvalue weighted by Gasteiger charge is -2.26. The number of carbonyl (C=O) groups is 1. The molecule has 0 radical (unpaired) electrons. The van der Waals surface area contributed by atoms with Gasteiger partial charge in [0.2, 0.25) is 0 Å². The smallest absolute Gasteiger partial charge is 0.335 e. The first-order chi connectivity index (χ1) is 11.7. The summed E-state index contributed by atoms with van der Waals surface area (Å²) in [6.07, 6.45) is 17.9. The predicted molar refractivity (Wildman–Crippen MR) is 100 cm³/mol. The van der Waals surface area contributed by atoms with E-state index < -0.39 is 5.97 Å². The number of rotatable bonds is 9. The van der Waals surface area contributed by atoms with Crippen molar-refractivity contribution in [2.75, 3.05) is 0 Å². The quantitative estimate of drug-likeness (QED) is 0.429. The van der Waals surface area contributed by atoms with Crippen molar-refractivity contribution in [1.29, 1.82) is 0 Å². The summed E-state index contributed by atoms with van der Waals surface area (Å²) in [6.45, 7) is 2.28. The first-order valence-corrected chi connectivity index (χ1v) is 9.68. The zero-order valence-electron chi connectivity index (χ0n) is 15.0. The van der Waals surface area contributed by atoms with E-state index in [1.54, 1.807) is 12.1 Å². The second-order valence-corrected chi connectivity index (χ2v) is 7.25. The Bertz CT molecular complexity index is 507. The van der Waals surface area contributed by atoms with Crippen LogP contribution in [-0.4, -0.2) is 11.1 Å². The molecule has 1 saturated carbocycles. The third-order valence-electron chi connectivity index (χ3n) is 5.32. The van der Waals surface area contributed by atoms with E-state index in [4.69, 9.17) is 5.11 Å². The molecule has 0 spiro atoms. The molecule has 0 heterocycles. The Morgan fingerprint density at radius 2 is 1.83 bits per heavy atom. The number of hydrogen-bond acceptors (Lipinski definition) is 1. The Labute approximate surface area is 147 Å². The monoisotopic (exact) mass is 328 g/mol. The normalized spacial score (nSPS) is 21.2. The van der Waals surface area contributed by atoms with Gasteiger partial charge in [-0.15, -0.1) is 0 Å². The van der Waals surface area contributed by atoms with Crippen LogP contribution in [-0.2, 0) is 6.42 Å². The zero-order valence-corrected chi connectivity index (χ0v) is 15.0. The Hall–Kier alpha value is -1.57. The maximum absolute atomic E-state index is 10.8. The second-order valence-electron chi connectivity index (χ2n) is 7.25. The third kappa shape index (κ3) is 6.51. The van der Waals surface area contributed by atoms with Gasteiger partial charge in [-0.2, -0.15) is 0 Å². The van der Waals surface area contributed by atoms with Gasteiger partial charge in [0, 0.05) is 0 Å². The zero-order chi connectivity index (χ0) is 17.2. The lowest BCUT2D eigenvalue weighted by atomic mass is 9.79. The van der Waals surface area contributed by atoms with E-state index >= 15 is 0 Å². The van der Waals surface area contributed by atoms with E-state index in [-0.39, 0.29) is 0 Å². The first kappa shape index (κ1) is 18.8. The highest BCUT2D eigenvalue weighted by molar-refractivity contribution is 5.87. The highest BCUT2D eigenvalue weighted by Crippen LogP contribution is 2.32. The SMILES string of the molecule is CCCCCC1CCC(/C=C/CCc2ccc(C(=O)O)cc2)CC1. The highest BCUT2D eigenvalue weighted by Gasteiger charge is 2.18. The molecule has 0 aliphatic heterocycles. The Kier molecular flexibility index (Phi) is 8.07. The van der Waals surface area contributed by atoms with Crippen LogP contribution in [0.1, 0.15) is 80.6 Å². The predicted octanol–water partition coefficient (Wildman–Crippen LogP) is 6.26. The molecule has 24 heavy (non-hydrogen) atoms. The van der Waals surface area contributed by atoms with E-state index in [0.717, 1.165) is 24.7 Å². The van der Waals surface area contributed by atoms with Crippen LogP contribution in [0.4, 0.5) is 0 Å². The van der Waals surface area contributed by atoms with Gasteiger partial charge in [-0.25, -0.2) is 4.79 Å². The summed E-state index contributed by atoms with van der Waals surface area (Å²) in [5.74, 6) is 0.905. The van der Waals surface area contributed by atoms with Crippen molar-refractivity contribution in [1.82, 2.24) is 0 Å². The first-order valence-electron chi connectivity index (χ1n) is 9.68. The van der Waals surface area contributed by atoms with E-state index in [2.05, 4.69) is 19.1 Å². The van der Waals surface area contributed by atoms with Gasteiger partial charge < -0.3 is 5.11 Å². The average Bonchev–Trinajstić information content (AvgIpc) is 2.60. The van der Waals surface area contributed by atoms with E-state index in [1.165, 1.54) is 56.9 Å². The van der Waals surface area contributed by atoms with E-state index in [0.29, 0.717) is 5.56 Å². The minimum absolute atomic E-state index is 0.366. The Balaban J connectivity index is 1.63. The molecule has 2 nitrogen and oxygen atoms in total. The van der Waals surface area contributed by atoms with Crippen molar-refractivity contribution in [2.24, 2.45) is 11.8 Å². The Morgan fingerprint density at radius 3 is 2.46 bits per heavy atom. The molecule has 1 aromatic rings. The average molecular weight is 328 g/mol. The summed E-state index contributed by atoms with van der Waals surface area (Å²) in [5.41, 5.74) is 1.58. The van der Waals surface area contributed by atoms with Gasteiger partial charge in [-0.1, -0.05) is 56.9 Å². The molecule has 0 amide bonds. The summed E-state index contributed by atoms with van der Waals surface area (Å²) in [5, 5.41) is 8.90. The number of allylic oxidation sites excluding steroid dienone is 2. The molecule has 0 unspecified atom stereocenters. The fourth-order valence-electron chi connectivity index (χ4n) is 3.71. The van der Waals surface area contributed by atoms with Crippen molar-refractivity contribution in [3.8, 4) is 0 Å². The molecule has 2 rings (SSSR count). The van der Waals surface area contributed by atoms with Crippen LogP contribution in [0.3, 0.4) is 0 Å². The number of hydrogen-bond donors (Lipinski definition) is 1. The van der Waals surface area contributed by atoms with Crippen LogP contribution in [0.25, 0.3) is 0 Å². The largest absolute Gasteiger partial charge is 0.478 e. The molecular formula is C22H32O2. The van der Waals surface area contributed by atoms with Crippen molar-refractivity contribution in [2.45, 2.75) is 71.1 Å². The fraction of sp³-hybridized carbons (Fsp3) is 0.591. The summed E-state index contributed by atoms with van der Waals surface area (Å²) < 4.78 is 0. The van der Waals surface area contributed by atoms with Crippen LogP contribution < -0.4 is 0 Å².